The van der Waals surface area contributed by atoms with E-state index in [0.717, 1.165) is 4.31 Å². The predicted octanol–water partition coefficient (Wildman–Crippen LogP) is -3.05. The largest absolute Gasteiger partial charge is 0.369 e. The third-order valence-corrected chi connectivity index (χ3v) is 2.79. The van der Waals surface area contributed by atoms with E-state index in [4.69, 9.17) is 10.9 Å². The minimum atomic E-state index is -3.56. The molecule has 1 aliphatic rings. The number of hydrogen-bond donors (Lipinski definition) is 3. The monoisotopic (exact) mass is 208 g/mol. The molecule has 0 saturated carbocycles. The van der Waals surface area contributed by atoms with Crippen molar-refractivity contribution in [3.63, 3.8) is 0 Å². The molecule has 0 radical (unpaired) electrons. The fourth-order valence-corrected chi connectivity index (χ4v) is 1.80. The third-order valence-electron chi connectivity index (χ3n) is 1.77. The lowest BCUT2D eigenvalue weighted by Gasteiger charge is -2.36. The lowest BCUT2D eigenvalue weighted by molar-refractivity contribution is -0.117. The van der Waals surface area contributed by atoms with Gasteiger partial charge in [0.1, 0.15) is 0 Å². The van der Waals surface area contributed by atoms with Crippen LogP contribution in [0.25, 0.3) is 0 Å². The summed E-state index contributed by atoms with van der Waals surface area (Å²) in [6, 6.07) is -0.0224. The molecule has 0 aromatic carbocycles. The molecule has 0 aromatic rings. The summed E-state index contributed by atoms with van der Waals surface area (Å²) in [4.78, 5) is 10.3. The van der Waals surface area contributed by atoms with Crippen molar-refractivity contribution in [2.24, 2.45) is 10.9 Å². The van der Waals surface area contributed by atoms with Gasteiger partial charge in [0.15, 0.2) is 0 Å². The van der Waals surface area contributed by atoms with Gasteiger partial charge < -0.3 is 11.1 Å². The topological polar surface area (TPSA) is 119 Å². The van der Waals surface area contributed by atoms with Gasteiger partial charge >= 0.3 is 0 Å². The van der Waals surface area contributed by atoms with Crippen molar-refractivity contribution in [3.8, 4) is 0 Å². The second-order valence-corrected chi connectivity index (χ2v) is 4.45. The number of nitrogens with zero attached hydrogens (tertiary/aromatic N) is 1. The van der Waals surface area contributed by atoms with Crippen LogP contribution in [0, 0.1) is 0 Å². The Hall–Kier alpha value is -0.700. The number of carbonyl (C=O) groups excluding carboxylic acids is 1. The standard InChI is InChI=1S/C5H12N4O3S/c6-5(10)1-8-4-2-9(3-4)13(7,11)12/h4,8H,1-3H2,(H2,6,10)(H2,7,11,12). The van der Waals surface area contributed by atoms with E-state index in [1.807, 2.05) is 0 Å². The van der Waals surface area contributed by atoms with Crippen molar-refractivity contribution in [1.82, 2.24) is 9.62 Å². The number of primary amides is 1. The van der Waals surface area contributed by atoms with Crippen LogP contribution in [0.5, 0.6) is 0 Å². The Morgan fingerprint density at radius 1 is 1.54 bits per heavy atom. The van der Waals surface area contributed by atoms with Crippen LogP contribution in [-0.4, -0.2) is 44.3 Å². The normalized spacial score (nSPS) is 19.8. The quantitative estimate of drug-likeness (QED) is 0.454. The molecule has 1 amide bonds. The van der Waals surface area contributed by atoms with Gasteiger partial charge in [0, 0.05) is 19.1 Å². The van der Waals surface area contributed by atoms with E-state index < -0.39 is 16.1 Å². The summed E-state index contributed by atoms with van der Waals surface area (Å²) < 4.78 is 22.5. The fraction of sp³-hybridized carbons (Fsp3) is 0.800. The second kappa shape index (κ2) is 3.58. The second-order valence-electron chi connectivity index (χ2n) is 2.91. The van der Waals surface area contributed by atoms with E-state index in [1.165, 1.54) is 0 Å². The molecule has 8 heteroatoms. The lowest BCUT2D eigenvalue weighted by atomic mass is 10.2. The maximum Gasteiger partial charge on any atom is 0.277 e. The van der Waals surface area contributed by atoms with Gasteiger partial charge in [0.2, 0.25) is 5.91 Å². The van der Waals surface area contributed by atoms with Gasteiger partial charge in [-0.1, -0.05) is 0 Å². The maximum absolute atomic E-state index is 10.7. The number of carbonyl (C=O) groups is 1. The van der Waals surface area contributed by atoms with Gasteiger partial charge in [-0.3, -0.25) is 4.79 Å². The zero-order chi connectivity index (χ0) is 10.1. The van der Waals surface area contributed by atoms with Crippen molar-refractivity contribution in [3.05, 3.63) is 0 Å². The molecule has 5 N–H and O–H groups in total. The van der Waals surface area contributed by atoms with Crippen molar-refractivity contribution in [2.45, 2.75) is 6.04 Å². The molecule has 0 unspecified atom stereocenters. The highest BCUT2D eigenvalue weighted by Crippen LogP contribution is 2.09. The Bertz CT molecular complexity index is 295. The summed E-state index contributed by atoms with van der Waals surface area (Å²) in [5, 5.41) is 7.62. The molecule has 1 saturated heterocycles. The summed E-state index contributed by atoms with van der Waals surface area (Å²) >= 11 is 0. The van der Waals surface area contributed by atoms with Crippen LogP contribution >= 0.6 is 0 Å². The van der Waals surface area contributed by atoms with E-state index in [2.05, 4.69) is 5.32 Å². The molecular formula is C5H12N4O3S. The molecule has 0 atom stereocenters. The van der Waals surface area contributed by atoms with E-state index in [-0.39, 0.29) is 12.6 Å². The van der Waals surface area contributed by atoms with Gasteiger partial charge in [0.05, 0.1) is 6.54 Å². The van der Waals surface area contributed by atoms with E-state index >= 15 is 0 Å². The molecule has 1 fully saturated rings. The lowest BCUT2D eigenvalue weighted by Crippen LogP contribution is -2.62. The Labute approximate surface area is 76.2 Å². The predicted molar refractivity (Wildman–Crippen MR) is 45.7 cm³/mol. The van der Waals surface area contributed by atoms with Crippen molar-refractivity contribution < 1.29 is 13.2 Å². The number of rotatable bonds is 4. The smallest absolute Gasteiger partial charge is 0.277 e. The van der Waals surface area contributed by atoms with Gasteiger partial charge in [-0.25, -0.2) is 5.14 Å². The molecule has 76 valence electrons. The zero-order valence-corrected chi connectivity index (χ0v) is 7.75. The van der Waals surface area contributed by atoms with Gasteiger partial charge in [-0.15, -0.1) is 0 Å². The summed E-state index contributed by atoms with van der Waals surface area (Å²) in [6.45, 7) is 0.654. The molecule has 0 bridgehead atoms. The molecular weight excluding hydrogens is 196 g/mol. The molecule has 0 spiro atoms. The first-order valence-corrected chi connectivity index (χ1v) is 5.19. The van der Waals surface area contributed by atoms with Crippen LogP contribution in [0.2, 0.25) is 0 Å². The Kier molecular flexibility index (Phi) is 2.86. The molecule has 1 rings (SSSR count). The highest BCUT2D eigenvalue weighted by Gasteiger charge is 2.33. The number of amides is 1. The Morgan fingerprint density at radius 3 is 2.46 bits per heavy atom. The average Bonchev–Trinajstić information content (AvgIpc) is 1.79. The highest BCUT2D eigenvalue weighted by atomic mass is 32.2. The summed E-state index contributed by atoms with van der Waals surface area (Å²) in [5.41, 5.74) is 4.88. The number of nitrogens with two attached hydrogens (primary N) is 2. The minimum Gasteiger partial charge on any atom is -0.369 e. The van der Waals surface area contributed by atoms with Crippen molar-refractivity contribution in [2.75, 3.05) is 19.6 Å². The van der Waals surface area contributed by atoms with Gasteiger partial charge in [-0.05, 0) is 0 Å². The highest BCUT2D eigenvalue weighted by molar-refractivity contribution is 7.86. The minimum absolute atomic E-state index is 0.0224. The van der Waals surface area contributed by atoms with Crippen molar-refractivity contribution in [1.29, 1.82) is 0 Å². The first kappa shape index (κ1) is 10.4. The van der Waals surface area contributed by atoms with Crippen LogP contribution in [0.1, 0.15) is 0 Å². The van der Waals surface area contributed by atoms with E-state index in [0.29, 0.717) is 13.1 Å². The van der Waals surface area contributed by atoms with Crippen molar-refractivity contribution >= 4 is 16.1 Å². The van der Waals surface area contributed by atoms with E-state index in [9.17, 15) is 13.2 Å². The zero-order valence-electron chi connectivity index (χ0n) is 6.93. The summed E-state index contributed by atoms with van der Waals surface area (Å²) in [5.74, 6) is -0.464. The molecule has 1 heterocycles. The fourth-order valence-electron chi connectivity index (χ4n) is 1.02. The molecule has 13 heavy (non-hydrogen) atoms. The third kappa shape index (κ3) is 2.92. The van der Waals surface area contributed by atoms with Crippen LogP contribution in [-0.2, 0) is 15.0 Å². The molecule has 0 aliphatic carbocycles. The molecule has 1 aliphatic heterocycles. The van der Waals surface area contributed by atoms with Crippen LogP contribution in [0.15, 0.2) is 0 Å². The van der Waals surface area contributed by atoms with Gasteiger partial charge in [-0.2, -0.15) is 12.7 Å². The molecule has 0 aromatic heterocycles. The summed E-state index contributed by atoms with van der Waals surface area (Å²) in [6.07, 6.45) is 0. The van der Waals surface area contributed by atoms with Crippen LogP contribution in [0.3, 0.4) is 0 Å². The average molecular weight is 208 g/mol. The SMILES string of the molecule is NC(=O)CNC1CN(S(N)(=O)=O)C1. The number of hydrogen-bond acceptors (Lipinski definition) is 4. The van der Waals surface area contributed by atoms with E-state index in [1.54, 1.807) is 0 Å². The van der Waals surface area contributed by atoms with Gasteiger partial charge in [0.25, 0.3) is 10.2 Å². The summed E-state index contributed by atoms with van der Waals surface area (Å²) in [7, 11) is -3.56. The first-order valence-electron chi connectivity index (χ1n) is 3.69. The maximum atomic E-state index is 10.7. The van der Waals surface area contributed by atoms with Crippen LogP contribution in [0.4, 0.5) is 0 Å². The Balaban J connectivity index is 2.23. The molecule has 7 nitrogen and oxygen atoms in total. The first-order chi connectivity index (χ1) is 5.89. The Morgan fingerprint density at radius 2 is 2.08 bits per heavy atom. The van der Waals surface area contributed by atoms with Crippen LogP contribution < -0.4 is 16.2 Å². The number of nitrogens with one attached hydrogen (secondary N) is 1.